The van der Waals surface area contributed by atoms with Crippen LogP contribution < -0.4 is 4.74 Å². The first kappa shape index (κ1) is 16.0. The average molecular weight is 333 g/mol. The van der Waals surface area contributed by atoms with Crippen molar-refractivity contribution in [1.29, 1.82) is 0 Å². The van der Waals surface area contributed by atoms with Crippen LogP contribution in [-0.4, -0.2) is 17.7 Å². The molecule has 0 fully saturated rings. The van der Waals surface area contributed by atoms with E-state index in [0.29, 0.717) is 34.0 Å². The Morgan fingerprint density at radius 1 is 1.33 bits per heavy atom. The van der Waals surface area contributed by atoms with Crippen molar-refractivity contribution in [2.24, 2.45) is 0 Å². The molecule has 0 saturated heterocycles. The Kier molecular flexibility index (Phi) is 4.22. The van der Waals surface area contributed by atoms with E-state index in [1.54, 1.807) is 19.9 Å². The molecule has 0 unspecified atom stereocenters. The van der Waals surface area contributed by atoms with Crippen molar-refractivity contribution in [3.63, 3.8) is 0 Å². The number of nitro benzene ring substituents is 1. The van der Waals surface area contributed by atoms with E-state index in [4.69, 9.17) is 18.6 Å². The molecule has 3 rings (SSSR count). The van der Waals surface area contributed by atoms with Gasteiger partial charge in [0.15, 0.2) is 6.79 Å². The SMILES string of the molecule is Cc1cc(C(=O)OCc2cc([N+](=O)[O-])cc3c2OCOC3)c(C)o1. The van der Waals surface area contributed by atoms with Gasteiger partial charge in [0.1, 0.15) is 29.4 Å². The first-order valence-electron chi connectivity index (χ1n) is 7.20. The normalized spacial score (nSPS) is 13.1. The molecule has 8 heteroatoms. The van der Waals surface area contributed by atoms with Gasteiger partial charge in [-0.25, -0.2) is 4.79 Å². The Morgan fingerprint density at radius 3 is 2.79 bits per heavy atom. The number of benzene rings is 1. The first-order valence-corrected chi connectivity index (χ1v) is 7.20. The minimum Gasteiger partial charge on any atom is -0.467 e. The van der Waals surface area contributed by atoms with Gasteiger partial charge in [0.25, 0.3) is 5.69 Å². The zero-order valence-electron chi connectivity index (χ0n) is 13.2. The van der Waals surface area contributed by atoms with E-state index in [0.717, 1.165) is 0 Å². The summed E-state index contributed by atoms with van der Waals surface area (Å²) < 4.78 is 21.1. The molecule has 0 spiro atoms. The second-order valence-electron chi connectivity index (χ2n) is 5.36. The van der Waals surface area contributed by atoms with E-state index < -0.39 is 10.9 Å². The maximum Gasteiger partial charge on any atom is 0.342 e. The lowest BCUT2D eigenvalue weighted by Gasteiger charge is -2.20. The fourth-order valence-electron chi connectivity index (χ4n) is 2.55. The highest BCUT2D eigenvalue weighted by atomic mass is 16.7. The zero-order valence-corrected chi connectivity index (χ0v) is 13.2. The van der Waals surface area contributed by atoms with Gasteiger partial charge in [-0.05, 0) is 19.9 Å². The molecule has 0 radical (unpaired) electrons. The van der Waals surface area contributed by atoms with Crippen LogP contribution in [0.5, 0.6) is 5.75 Å². The van der Waals surface area contributed by atoms with E-state index >= 15 is 0 Å². The molecule has 126 valence electrons. The van der Waals surface area contributed by atoms with Crippen LogP contribution in [0.3, 0.4) is 0 Å². The van der Waals surface area contributed by atoms with Crippen LogP contribution in [0.2, 0.25) is 0 Å². The van der Waals surface area contributed by atoms with Gasteiger partial charge in [0, 0.05) is 23.3 Å². The summed E-state index contributed by atoms with van der Waals surface area (Å²) in [6.45, 7) is 3.50. The summed E-state index contributed by atoms with van der Waals surface area (Å²) in [4.78, 5) is 22.7. The minimum atomic E-state index is -0.559. The molecule has 24 heavy (non-hydrogen) atoms. The smallest absolute Gasteiger partial charge is 0.342 e. The Labute approximate surface area is 137 Å². The number of nitrogens with zero attached hydrogens (tertiary/aromatic N) is 1. The number of aryl methyl sites for hydroxylation is 2. The lowest BCUT2D eigenvalue weighted by molar-refractivity contribution is -0.385. The van der Waals surface area contributed by atoms with E-state index in [2.05, 4.69) is 0 Å². The number of carbonyl (C=O) groups is 1. The molecule has 8 nitrogen and oxygen atoms in total. The van der Waals surface area contributed by atoms with Crippen molar-refractivity contribution in [2.75, 3.05) is 6.79 Å². The van der Waals surface area contributed by atoms with Crippen molar-refractivity contribution in [2.45, 2.75) is 27.1 Å². The standard InChI is InChI=1S/C16H15NO7/c1-9-3-14(10(2)24-9)16(18)22-7-12-5-13(17(19)20)4-11-6-21-8-23-15(11)12/h3-5H,6-8H2,1-2H3. The molecular formula is C16H15NO7. The number of carbonyl (C=O) groups excluding carboxylic acids is 1. The van der Waals surface area contributed by atoms with Crippen LogP contribution >= 0.6 is 0 Å². The van der Waals surface area contributed by atoms with E-state index in [9.17, 15) is 14.9 Å². The summed E-state index contributed by atoms with van der Waals surface area (Å²) in [6, 6.07) is 4.32. The summed E-state index contributed by atoms with van der Waals surface area (Å²) in [7, 11) is 0. The Morgan fingerprint density at radius 2 is 2.12 bits per heavy atom. The summed E-state index contributed by atoms with van der Waals surface area (Å²) in [6.07, 6.45) is 0. The quantitative estimate of drug-likeness (QED) is 0.481. The van der Waals surface area contributed by atoms with Crippen molar-refractivity contribution < 1.29 is 28.3 Å². The third-order valence-electron chi connectivity index (χ3n) is 3.60. The fraction of sp³-hybridized carbons (Fsp3) is 0.312. The molecule has 2 heterocycles. The molecule has 1 aliphatic rings. The van der Waals surface area contributed by atoms with Crippen LogP contribution in [0.4, 0.5) is 5.69 Å². The summed E-state index contributed by atoms with van der Waals surface area (Å²) in [5.41, 5.74) is 1.20. The maximum atomic E-state index is 12.2. The monoisotopic (exact) mass is 333 g/mol. The molecule has 0 N–H and O–H groups in total. The number of furan rings is 1. The second-order valence-corrected chi connectivity index (χ2v) is 5.36. The topological polar surface area (TPSA) is 101 Å². The van der Waals surface area contributed by atoms with Gasteiger partial charge < -0.3 is 18.6 Å². The van der Waals surface area contributed by atoms with Crippen LogP contribution in [0.15, 0.2) is 22.6 Å². The first-order chi connectivity index (χ1) is 11.5. The number of nitro groups is 1. The zero-order chi connectivity index (χ0) is 17.3. The molecule has 0 saturated carbocycles. The van der Waals surface area contributed by atoms with E-state index in [1.165, 1.54) is 12.1 Å². The molecule has 0 aliphatic carbocycles. The van der Waals surface area contributed by atoms with Crippen molar-refractivity contribution in [1.82, 2.24) is 0 Å². The number of hydrogen-bond acceptors (Lipinski definition) is 7. The van der Waals surface area contributed by atoms with Gasteiger partial charge in [-0.2, -0.15) is 0 Å². The van der Waals surface area contributed by atoms with Crippen LogP contribution in [-0.2, 0) is 22.7 Å². The summed E-state index contributed by atoms with van der Waals surface area (Å²) in [5, 5.41) is 11.0. The van der Waals surface area contributed by atoms with Crippen LogP contribution in [0.1, 0.15) is 33.0 Å². The van der Waals surface area contributed by atoms with Crippen molar-refractivity contribution in [3.05, 3.63) is 56.5 Å². The van der Waals surface area contributed by atoms with Crippen LogP contribution in [0, 0.1) is 24.0 Å². The van der Waals surface area contributed by atoms with E-state index in [-0.39, 0.29) is 25.7 Å². The highest BCUT2D eigenvalue weighted by Gasteiger charge is 2.22. The molecular weight excluding hydrogens is 318 g/mol. The van der Waals surface area contributed by atoms with Crippen LogP contribution in [0.25, 0.3) is 0 Å². The minimum absolute atomic E-state index is 0.0474. The average Bonchev–Trinajstić information content (AvgIpc) is 2.90. The summed E-state index contributed by atoms with van der Waals surface area (Å²) in [5.74, 6) is 0.965. The third-order valence-corrected chi connectivity index (χ3v) is 3.60. The van der Waals surface area contributed by atoms with E-state index in [1.807, 2.05) is 0 Å². The highest BCUT2D eigenvalue weighted by molar-refractivity contribution is 5.90. The van der Waals surface area contributed by atoms with Gasteiger partial charge >= 0.3 is 5.97 Å². The fourth-order valence-corrected chi connectivity index (χ4v) is 2.55. The third kappa shape index (κ3) is 3.09. The highest BCUT2D eigenvalue weighted by Crippen LogP contribution is 2.33. The molecule has 1 aliphatic heterocycles. The number of ether oxygens (including phenoxy) is 3. The lowest BCUT2D eigenvalue weighted by Crippen LogP contribution is -2.15. The van der Waals surface area contributed by atoms with Gasteiger partial charge in [-0.15, -0.1) is 0 Å². The largest absolute Gasteiger partial charge is 0.467 e. The number of non-ortho nitro benzene ring substituents is 1. The molecule has 1 aromatic carbocycles. The Bertz CT molecular complexity index is 809. The molecule has 0 atom stereocenters. The Hall–Kier alpha value is -2.87. The second kappa shape index (κ2) is 6.32. The van der Waals surface area contributed by atoms with Gasteiger partial charge in [-0.1, -0.05) is 0 Å². The maximum absolute atomic E-state index is 12.2. The van der Waals surface area contributed by atoms with Gasteiger partial charge in [-0.3, -0.25) is 10.1 Å². The molecule has 0 amide bonds. The number of hydrogen-bond donors (Lipinski definition) is 0. The van der Waals surface area contributed by atoms with Crippen molar-refractivity contribution >= 4 is 11.7 Å². The number of rotatable bonds is 4. The van der Waals surface area contributed by atoms with Crippen molar-refractivity contribution in [3.8, 4) is 5.75 Å². The Balaban J connectivity index is 1.84. The number of esters is 1. The lowest BCUT2D eigenvalue weighted by atomic mass is 10.1. The molecule has 1 aromatic heterocycles. The molecule has 2 aromatic rings. The predicted molar refractivity (Wildman–Crippen MR) is 80.7 cm³/mol. The summed E-state index contributed by atoms with van der Waals surface area (Å²) >= 11 is 0. The molecule has 0 bridgehead atoms. The predicted octanol–water partition coefficient (Wildman–Crippen LogP) is 3.03. The van der Waals surface area contributed by atoms with Gasteiger partial charge in [0.2, 0.25) is 0 Å². The number of fused-ring (bicyclic) bond motifs is 1. The van der Waals surface area contributed by atoms with Gasteiger partial charge in [0.05, 0.1) is 11.5 Å².